The number of benzene rings is 1. The minimum atomic E-state index is 0.290. The molecule has 1 nitrogen and oxygen atoms in total. The van der Waals surface area contributed by atoms with Gasteiger partial charge in [0.2, 0.25) is 0 Å². The van der Waals surface area contributed by atoms with Crippen LogP contribution in [0, 0.1) is 13.8 Å². The van der Waals surface area contributed by atoms with Crippen molar-refractivity contribution in [1.82, 2.24) is 5.32 Å². The van der Waals surface area contributed by atoms with E-state index in [-0.39, 0.29) is 0 Å². The second-order valence-electron chi connectivity index (χ2n) is 4.33. The van der Waals surface area contributed by atoms with Gasteiger partial charge in [0.15, 0.2) is 0 Å². The monoisotopic (exact) mass is 277 g/mol. The zero-order valence-corrected chi connectivity index (χ0v) is 12.9. The molecule has 18 heavy (non-hydrogen) atoms. The van der Waals surface area contributed by atoms with Crippen molar-refractivity contribution in [2.75, 3.05) is 13.3 Å². The smallest absolute Gasteiger partial charge is 0.0596 e. The molecule has 1 heterocycles. The molecule has 0 amide bonds. The van der Waals surface area contributed by atoms with E-state index in [1.807, 2.05) is 30.1 Å². The van der Waals surface area contributed by atoms with Crippen molar-refractivity contribution in [2.45, 2.75) is 24.8 Å². The average molecular weight is 277 g/mol. The second-order valence-corrected chi connectivity index (χ2v) is 6.64. The Balaban J connectivity index is 2.48. The van der Waals surface area contributed by atoms with Crippen molar-refractivity contribution in [3.63, 3.8) is 0 Å². The van der Waals surface area contributed by atoms with E-state index in [1.165, 1.54) is 25.8 Å². The van der Waals surface area contributed by atoms with Gasteiger partial charge in [-0.15, -0.1) is 23.1 Å². The van der Waals surface area contributed by atoms with Crippen LogP contribution in [0.15, 0.2) is 35.2 Å². The molecule has 0 aliphatic rings. The maximum absolute atomic E-state index is 3.46. The van der Waals surface area contributed by atoms with Gasteiger partial charge in [0.25, 0.3) is 0 Å². The van der Waals surface area contributed by atoms with Crippen LogP contribution >= 0.6 is 23.1 Å². The third-order valence-electron chi connectivity index (χ3n) is 3.13. The fraction of sp³-hybridized carbons (Fsp3) is 0.333. The lowest BCUT2D eigenvalue weighted by atomic mass is 9.99. The number of rotatable bonds is 4. The van der Waals surface area contributed by atoms with Crippen LogP contribution in [0.3, 0.4) is 0 Å². The highest BCUT2D eigenvalue weighted by atomic mass is 32.2. The molecular weight excluding hydrogens is 258 g/mol. The zero-order chi connectivity index (χ0) is 13.1. The van der Waals surface area contributed by atoms with E-state index in [4.69, 9.17) is 0 Å². The van der Waals surface area contributed by atoms with Crippen molar-refractivity contribution < 1.29 is 0 Å². The Labute approximate surface area is 118 Å². The van der Waals surface area contributed by atoms with E-state index in [1.54, 1.807) is 0 Å². The molecule has 2 aromatic rings. The van der Waals surface area contributed by atoms with Gasteiger partial charge in [-0.25, -0.2) is 0 Å². The first kappa shape index (κ1) is 13.7. The molecule has 1 aromatic heterocycles. The molecule has 3 heteroatoms. The van der Waals surface area contributed by atoms with Crippen LogP contribution in [0.25, 0.3) is 0 Å². The molecule has 96 valence electrons. The number of hydrogen-bond donors (Lipinski definition) is 1. The first-order chi connectivity index (χ1) is 8.67. The molecule has 0 aliphatic heterocycles. The average Bonchev–Trinajstić information content (AvgIpc) is 2.70. The Morgan fingerprint density at radius 1 is 1.17 bits per heavy atom. The molecule has 0 fully saturated rings. The minimum Gasteiger partial charge on any atom is -0.309 e. The normalized spacial score (nSPS) is 12.7. The summed E-state index contributed by atoms with van der Waals surface area (Å²) in [6.45, 7) is 4.38. The van der Waals surface area contributed by atoms with Crippen molar-refractivity contribution in [3.8, 4) is 0 Å². The highest BCUT2D eigenvalue weighted by Gasteiger charge is 2.18. The van der Waals surface area contributed by atoms with Gasteiger partial charge in [0, 0.05) is 14.6 Å². The summed E-state index contributed by atoms with van der Waals surface area (Å²) in [6, 6.07) is 11.2. The summed E-state index contributed by atoms with van der Waals surface area (Å²) >= 11 is 3.68. The SMILES string of the molecule is CNC(c1ccccc1SC)c1cc(C)sc1C. The maximum atomic E-state index is 3.46. The van der Waals surface area contributed by atoms with Gasteiger partial charge in [0.1, 0.15) is 0 Å². The Bertz CT molecular complexity index is 531. The summed E-state index contributed by atoms with van der Waals surface area (Å²) < 4.78 is 0. The summed E-state index contributed by atoms with van der Waals surface area (Å²) in [5.74, 6) is 0. The minimum absolute atomic E-state index is 0.290. The van der Waals surface area contributed by atoms with Crippen LogP contribution in [0.2, 0.25) is 0 Å². The van der Waals surface area contributed by atoms with Gasteiger partial charge in [-0.1, -0.05) is 18.2 Å². The predicted octanol–water partition coefficient (Wildman–Crippen LogP) is 4.40. The molecule has 0 radical (unpaired) electrons. The summed E-state index contributed by atoms with van der Waals surface area (Å²) in [4.78, 5) is 4.13. The molecule has 0 aliphatic carbocycles. The van der Waals surface area contributed by atoms with Crippen molar-refractivity contribution in [2.24, 2.45) is 0 Å². The quantitative estimate of drug-likeness (QED) is 0.832. The van der Waals surface area contributed by atoms with Gasteiger partial charge >= 0.3 is 0 Å². The molecule has 2 rings (SSSR count). The van der Waals surface area contributed by atoms with Gasteiger partial charge in [0.05, 0.1) is 6.04 Å². The number of thiophene rings is 1. The number of hydrogen-bond acceptors (Lipinski definition) is 3. The van der Waals surface area contributed by atoms with E-state index in [0.717, 1.165) is 0 Å². The standard InChI is InChI=1S/C15H19NS2/c1-10-9-13(11(2)18-10)15(16-3)12-7-5-6-8-14(12)17-4/h5-9,15-16H,1-4H3. The Kier molecular flexibility index (Phi) is 4.49. The lowest BCUT2D eigenvalue weighted by Crippen LogP contribution is -2.18. The highest BCUT2D eigenvalue weighted by molar-refractivity contribution is 7.98. The van der Waals surface area contributed by atoms with Gasteiger partial charge in [-0.3, -0.25) is 0 Å². The topological polar surface area (TPSA) is 12.0 Å². The third kappa shape index (κ3) is 2.63. The van der Waals surface area contributed by atoms with Crippen molar-refractivity contribution >= 4 is 23.1 Å². The molecule has 1 N–H and O–H groups in total. The first-order valence-electron chi connectivity index (χ1n) is 6.04. The summed E-state index contributed by atoms with van der Waals surface area (Å²) in [7, 11) is 2.04. The lowest BCUT2D eigenvalue weighted by molar-refractivity contribution is 0.679. The zero-order valence-electron chi connectivity index (χ0n) is 11.3. The Morgan fingerprint density at radius 3 is 2.44 bits per heavy atom. The van der Waals surface area contributed by atoms with E-state index < -0.39 is 0 Å². The summed E-state index contributed by atoms with van der Waals surface area (Å²) in [5, 5.41) is 3.46. The molecule has 0 saturated carbocycles. The van der Waals surface area contributed by atoms with Crippen LogP contribution in [0.5, 0.6) is 0 Å². The molecule has 1 unspecified atom stereocenters. The van der Waals surface area contributed by atoms with Gasteiger partial charge < -0.3 is 5.32 Å². The predicted molar refractivity (Wildman–Crippen MR) is 82.9 cm³/mol. The summed E-state index contributed by atoms with van der Waals surface area (Å²) in [6.07, 6.45) is 2.14. The molecule has 1 atom stereocenters. The molecule has 1 aromatic carbocycles. The van der Waals surface area contributed by atoms with Crippen molar-refractivity contribution in [1.29, 1.82) is 0 Å². The fourth-order valence-electron chi connectivity index (χ4n) is 2.32. The fourth-order valence-corrected chi connectivity index (χ4v) is 3.92. The molecular formula is C15H19NS2. The van der Waals surface area contributed by atoms with Gasteiger partial charge in [-0.05, 0) is 50.4 Å². The lowest BCUT2D eigenvalue weighted by Gasteiger charge is -2.19. The van der Waals surface area contributed by atoms with Crippen LogP contribution in [0.4, 0.5) is 0 Å². The number of nitrogens with one attached hydrogen (secondary N) is 1. The maximum Gasteiger partial charge on any atom is 0.0596 e. The molecule has 0 saturated heterocycles. The van der Waals surface area contributed by atoms with Crippen LogP contribution < -0.4 is 5.32 Å². The molecule has 0 bridgehead atoms. The summed E-state index contributed by atoms with van der Waals surface area (Å²) in [5.41, 5.74) is 2.77. The van der Waals surface area contributed by atoms with Crippen LogP contribution in [-0.4, -0.2) is 13.3 Å². The Morgan fingerprint density at radius 2 is 1.89 bits per heavy atom. The van der Waals surface area contributed by atoms with E-state index in [2.05, 4.69) is 55.8 Å². The number of aryl methyl sites for hydroxylation is 2. The second kappa shape index (κ2) is 5.91. The van der Waals surface area contributed by atoms with Crippen LogP contribution in [0.1, 0.15) is 26.9 Å². The van der Waals surface area contributed by atoms with E-state index >= 15 is 0 Å². The van der Waals surface area contributed by atoms with E-state index in [0.29, 0.717) is 6.04 Å². The van der Waals surface area contributed by atoms with Crippen LogP contribution in [-0.2, 0) is 0 Å². The number of thioether (sulfide) groups is 1. The van der Waals surface area contributed by atoms with E-state index in [9.17, 15) is 0 Å². The highest BCUT2D eigenvalue weighted by Crippen LogP contribution is 2.34. The van der Waals surface area contributed by atoms with Crippen molar-refractivity contribution in [3.05, 3.63) is 51.2 Å². The third-order valence-corrected chi connectivity index (χ3v) is 4.92. The Hall–Kier alpha value is -0.770. The van der Waals surface area contributed by atoms with Gasteiger partial charge in [-0.2, -0.15) is 0 Å². The largest absolute Gasteiger partial charge is 0.309 e. The first-order valence-corrected chi connectivity index (χ1v) is 8.08. The molecule has 0 spiro atoms.